The smallest absolute Gasteiger partial charge is 0.0257 e. The molecule has 0 aromatic rings. The normalized spacial score (nSPS) is 14.0. The van der Waals surface area contributed by atoms with Gasteiger partial charge in [0.05, 0.1) is 0 Å². The summed E-state index contributed by atoms with van der Waals surface area (Å²) in [5.41, 5.74) is 0. The van der Waals surface area contributed by atoms with Gasteiger partial charge in [0.1, 0.15) is 0 Å². The van der Waals surface area contributed by atoms with Gasteiger partial charge in [-0.25, -0.2) is 0 Å². The molecule has 0 saturated carbocycles. The largest absolute Gasteiger partial charge is 0.315 e. The summed E-state index contributed by atoms with van der Waals surface area (Å²) in [5.74, 6) is 2.25. The van der Waals surface area contributed by atoms with E-state index in [1.54, 1.807) is 0 Å². The maximum absolute atomic E-state index is 11.4. The van der Waals surface area contributed by atoms with Gasteiger partial charge in [-0.15, -0.1) is 0 Å². The minimum absolute atomic E-state index is 0.540. The maximum Gasteiger partial charge on any atom is 0.0257 e. The number of nitrogens with one attached hydrogen (secondary N) is 1. The first-order valence-electron chi connectivity index (χ1n) is 5.10. The van der Waals surface area contributed by atoms with Crippen molar-refractivity contribution in [1.82, 2.24) is 5.32 Å². The van der Waals surface area contributed by atoms with Crippen molar-refractivity contribution in [3.63, 3.8) is 0 Å². The highest BCUT2D eigenvalue weighted by molar-refractivity contribution is 7.84. The van der Waals surface area contributed by atoms with E-state index in [4.69, 9.17) is 0 Å². The number of hydrogen-bond acceptors (Lipinski definition) is 2. The second kappa shape index (κ2) is 7.51. The van der Waals surface area contributed by atoms with Gasteiger partial charge < -0.3 is 5.32 Å². The molecule has 0 rings (SSSR count). The third-order valence-electron chi connectivity index (χ3n) is 1.62. The molecule has 0 bridgehead atoms. The van der Waals surface area contributed by atoms with Gasteiger partial charge in [0.15, 0.2) is 0 Å². The Morgan fingerprint density at radius 1 is 1.23 bits per heavy atom. The van der Waals surface area contributed by atoms with Gasteiger partial charge in [-0.1, -0.05) is 27.7 Å². The number of rotatable bonds is 7. The van der Waals surface area contributed by atoms with Crippen LogP contribution in [-0.4, -0.2) is 28.3 Å². The molecule has 0 heterocycles. The predicted octanol–water partition coefficient (Wildman–Crippen LogP) is 1.78. The summed E-state index contributed by atoms with van der Waals surface area (Å²) in [6, 6.07) is 0.540. The second-order valence-electron chi connectivity index (χ2n) is 4.17. The molecule has 0 aliphatic rings. The Morgan fingerprint density at radius 3 is 2.31 bits per heavy atom. The number of hydrogen-bond donors (Lipinski definition) is 1. The lowest BCUT2D eigenvalue weighted by atomic mass is 10.3. The molecule has 1 unspecified atom stereocenters. The summed E-state index contributed by atoms with van der Waals surface area (Å²) >= 11 is 0. The Labute approximate surface area is 84.9 Å². The molecular weight excluding hydrogens is 182 g/mol. The van der Waals surface area contributed by atoms with Crippen LogP contribution in [0.2, 0.25) is 0 Å². The lowest BCUT2D eigenvalue weighted by Crippen LogP contribution is -2.25. The topological polar surface area (TPSA) is 29.1 Å². The molecule has 3 heteroatoms. The Kier molecular flexibility index (Phi) is 7.57. The second-order valence-corrected chi connectivity index (χ2v) is 5.79. The Morgan fingerprint density at radius 2 is 1.85 bits per heavy atom. The van der Waals surface area contributed by atoms with Crippen LogP contribution < -0.4 is 5.32 Å². The van der Waals surface area contributed by atoms with E-state index in [1.165, 1.54) is 0 Å². The van der Waals surface area contributed by atoms with E-state index in [2.05, 4.69) is 33.0 Å². The SMILES string of the molecule is CC(C)CS(=O)CCCNC(C)C. The molecule has 0 spiro atoms. The van der Waals surface area contributed by atoms with Gasteiger partial charge in [-0.05, 0) is 18.9 Å². The van der Waals surface area contributed by atoms with Crippen LogP contribution in [-0.2, 0) is 10.8 Å². The van der Waals surface area contributed by atoms with Crippen molar-refractivity contribution in [1.29, 1.82) is 0 Å². The van der Waals surface area contributed by atoms with Crippen molar-refractivity contribution in [3.8, 4) is 0 Å². The fraction of sp³-hybridized carbons (Fsp3) is 1.00. The van der Waals surface area contributed by atoms with Crippen molar-refractivity contribution in [2.75, 3.05) is 18.1 Å². The first kappa shape index (κ1) is 13.1. The van der Waals surface area contributed by atoms with Crippen molar-refractivity contribution < 1.29 is 4.21 Å². The van der Waals surface area contributed by atoms with Crippen LogP contribution in [0.4, 0.5) is 0 Å². The van der Waals surface area contributed by atoms with Gasteiger partial charge >= 0.3 is 0 Å². The molecule has 0 aromatic heterocycles. The molecule has 0 radical (unpaired) electrons. The molecule has 0 saturated heterocycles. The summed E-state index contributed by atoms with van der Waals surface area (Å²) in [4.78, 5) is 0. The first-order chi connectivity index (χ1) is 6.02. The molecule has 13 heavy (non-hydrogen) atoms. The van der Waals surface area contributed by atoms with Crippen molar-refractivity contribution >= 4 is 10.8 Å². The Hall–Kier alpha value is 0.110. The van der Waals surface area contributed by atoms with Crippen LogP contribution in [0.5, 0.6) is 0 Å². The van der Waals surface area contributed by atoms with E-state index in [9.17, 15) is 4.21 Å². The van der Waals surface area contributed by atoms with Gasteiger partial charge in [0.25, 0.3) is 0 Å². The van der Waals surface area contributed by atoms with Crippen LogP contribution in [0.1, 0.15) is 34.1 Å². The molecular formula is C10H23NOS. The minimum Gasteiger partial charge on any atom is -0.315 e. The average molecular weight is 205 g/mol. The van der Waals surface area contributed by atoms with E-state index in [0.717, 1.165) is 24.5 Å². The first-order valence-corrected chi connectivity index (χ1v) is 6.59. The molecule has 0 aliphatic heterocycles. The van der Waals surface area contributed by atoms with Gasteiger partial charge in [0, 0.05) is 28.3 Å². The van der Waals surface area contributed by atoms with Crippen LogP contribution in [0, 0.1) is 5.92 Å². The van der Waals surface area contributed by atoms with Crippen LogP contribution in [0.25, 0.3) is 0 Å². The molecule has 0 aromatic carbocycles. The van der Waals surface area contributed by atoms with E-state index < -0.39 is 10.8 Å². The molecule has 0 amide bonds. The van der Waals surface area contributed by atoms with Crippen molar-refractivity contribution in [2.45, 2.75) is 40.2 Å². The van der Waals surface area contributed by atoms with Gasteiger partial charge in [-0.3, -0.25) is 4.21 Å². The summed E-state index contributed by atoms with van der Waals surface area (Å²) in [5, 5.41) is 3.32. The third-order valence-corrected chi connectivity index (χ3v) is 3.40. The van der Waals surface area contributed by atoms with E-state index in [-0.39, 0.29) is 0 Å². The Balaban J connectivity index is 3.27. The fourth-order valence-electron chi connectivity index (χ4n) is 1.08. The van der Waals surface area contributed by atoms with Gasteiger partial charge in [0.2, 0.25) is 0 Å². The zero-order valence-electron chi connectivity index (χ0n) is 9.30. The third kappa shape index (κ3) is 10.0. The van der Waals surface area contributed by atoms with E-state index in [0.29, 0.717) is 12.0 Å². The predicted molar refractivity (Wildman–Crippen MR) is 60.5 cm³/mol. The zero-order valence-corrected chi connectivity index (χ0v) is 10.1. The summed E-state index contributed by atoms with van der Waals surface area (Å²) < 4.78 is 11.4. The van der Waals surface area contributed by atoms with Crippen LogP contribution in [0.15, 0.2) is 0 Å². The fourth-order valence-corrected chi connectivity index (χ4v) is 2.46. The Bertz CT molecular complexity index is 146. The lowest BCUT2D eigenvalue weighted by molar-refractivity contribution is 0.582. The molecule has 0 fully saturated rings. The molecule has 1 atom stereocenters. The molecule has 2 nitrogen and oxygen atoms in total. The maximum atomic E-state index is 11.4. The molecule has 80 valence electrons. The zero-order chi connectivity index (χ0) is 10.3. The summed E-state index contributed by atoms with van der Waals surface area (Å²) in [6.07, 6.45) is 1.03. The quantitative estimate of drug-likeness (QED) is 0.642. The standard InChI is InChI=1S/C10H23NOS/c1-9(2)8-13(12)7-5-6-11-10(3)4/h9-11H,5-8H2,1-4H3. The highest BCUT2D eigenvalue weighted by Crippen LogP contribution is 1.97. The van der Waals surface area contributed by atoms with E-state index in [1.807, 2.05) is 0 Å². The monoisotopic (exact) mass is 205 g/mol. The average Bonchev–Trinajstić information content (AvgIpc) is 1.96. The molecule has 1 N–H and O–H groups in total. The minimum atomic E-state index is -0.605. The van der Waals surface area contributed by atoms with Crippen LogP contribution >= 0.6 is 0 Å². The summed E-state index contributed by atoms with van der Waals surface area (Å²) in [7, 11) is -0.605. The highest BCUT2D eigenvalue weighted by atomic mass is 32.2. The van der Waals surface area contributed by atoms with Crippen molar-refractivity contribution in [3.05, 3.63) is 0 Å². The van der Waals surface area contributed by atoms with E-state index >= 15 is 0 Å². The van der Waals surface area contributed by atoms with Crippen molar-refractivity contribution in [2.24, 2.45) is 5.92 Å². The summed E-state index contributed by atoms with van der Waals surface area (Å²) in [6.45, 7) is 9.48. The molecule has 0 aliphatic carbocycles. The highest BCUT2D eigenvalue weighted by Gasteiger charge is 2.02. The lowest BCUT2D eigenvalue weighted by Gasteiger charge is -2.08. The van der Waals surface area contributed by atoms with Gasteiger partial charge in [-0.2, -0.15) is 0 Å². The van der Waals surface area contributed by atoms with Crippen LogP contribution in [0.3, 0.4) is 0 Å².